The molecule has 1 aliphatic rings. The van der Waals surface area contributed by atoms with Gasteiger partial charge in [-0.2, -0.15) is 18.4 Å². The number of alkyl halides is 4. The lowest BCUT2D eigenvalue weighted by Crippen LogP contribution is -2.53. The van der Waals surface area contributed by atoms with Crippen LogP contribution in [0, 0.1) is 11.3 Å². The molecule has 1 saturated carbocycles. The quantitative estimate of drug-likeness (QED) is 0.417. The molecular weight excluding hydrogens is 462 g/mol. The van der Waals surface area contributed by atoms with Crippen LogP contribution >= 0.6 is 0 Å². The molecule has 3 rings (SSSR count). The second-order valence-corrected chi connectivity index (χ2v) is 9.72. The number of hydrogen-bond acceptors (Lipinski definition) is 4. The van der Waals surface area contributed by atoms with Crippen LogP contribution in [0.15, 0.2) is 48.5 Å². The monoisotopic (exact) mass is 491 g/mol. The van der Waals surface area contributed by atoms with Gasteiger partial charge in [0.1, 0.15) is 17.2 Å². The summed E-state index contributed by atoms with van der Waals surface area (Å²) in [6.07, 6.45) is -5.08. The first-order valence-corrected chi connectivity index (χ1v) is 11.4. The van der Waals surface area contributed by atoms with E-state index in [-0.39, 0.29) is 5.56 Å². The molecule has 0 heterocycles. The lowest BCUT2D eigenvalue weighted by molar-refractivity contribution is -0.161. The SMILES string of the molecule is C[C@@H](O)c1ccc(-c2ccc([C@H](N[C@@H](CC(C)(C)F)C(=O)NC3(C#N)CC3)C(F)(F)F)cc2)cc1. The predicted molar refractivity (Wildman–Crippen MR) is 124 cm³/mol. The molecule has 0 unspecified atom stereocenters. The summed E-state index contributed by atoms with van der Waals surface area (Å²) in [5.74, 6) is -0.834. The van der Waals surface area contributed by atoms with Crippen molar-refractivity contribution in [3.05, 3.63) is 59.7 Å². The van der Waals surface area contributed by atoms with Crippen LogP contribution in [0.3, 0.4) is 0 Å². The normalized spacial score (nSPS) is 17.7. The third kappa shape index (κ3) is 7.03. The molecule has 0 radical (unpaired) electrons. The van der Waals surface area contributed by atoms with Crippen molar-refractivity contribution >= 4 is 5.91 Å². The fourth-order valence-corrected chi connectivity index (χ4v) is 3.83. The van der Waals surface area contributed by atoms with Crippen molar-refractivity contribution < 1.29 is 27.5 Å². The number of halogens is 4. The summed E-state index contributed by atoms with van der Waals surface area (Å²) in [6.45, 7) is 4.01. The van der Waals surface area contributed by atoms with Gasteiger partial charge >= 0.3 is 6.18 Å². The summed E-state index contributed by atoms with van der Waals surface area (Å²) in [4.78, 5) is 12.8. The Bertz CT molecular complexity index is 1060. The molecule has 1 aliphatic carbocycles. The molecule has 2 aromatic rings. The van der Waals surface area contributed by atoms with Crippen LogP contribution in [-0.2, 0) is 4.79 Å². The van der Waals surface area contributed by atoms with Gasteiger partial charge in [0.25, 0.3) is 0 Å². The zero-order chi connectivity index (χ0) is 26.0. The van der Waals surface area contributed by atoms with E-state index < -0.39 is 47.9 Å². The molecule has 0 spiro atoms. The van der Waals surface area contributed by atoms with E-state index in [0.717, 1.165) is 11.1 Å². The van der Waals surface area contributed by atoms with Crippen LogP contribution in [0.5, 0.6) is 0 Å². The second-order valence-electron chi connectivity index (χ2n) is 9.72. The summed E-state index contributed by atoms with van der Waals surface area (Å²) >= 11 is 0. The fourth-order valence-electron chi connectivity index (χ4n) is 3.83. The Hall–Kier alpha value is -2.96. The summed E-state index contributed by atoms with van der Waals surface area (Å²) in [6, 6.07) is 11.0. The molecule has 2 aromatic carbocycles. The molecule has 0 bridgehead atoms. The van der Waals surface area contributed by atoms with Crippen molar-refractivity contribution in [3.8, 4) is 17.2 Å². The maximum atomic E-state index is 14.4. The summed E-state index contributed by atoms with van der Waals surface area (Å²) in [5, 5.41) is 23.6. The van der Waals surface area contributed by atoms with Gasteiger partial charge in [0.15, 0.2) is 0 Å². The minimum Gasteiger partial charge on any atom is -0.389 e. The first-order valence-electron chi connectivity index (χ1n) is 11.4. The topological polar surface area (TPSA) is 85.2 Å². The maximum absolute atomic E-state index is 14.4. The number of hydrogen-bond donors (Lipinski definition) is 3. The average Bonchev–Trinajstić information content (AvgIpc) is 3.55. The number of aliphatic hydroxyl groups excluding tert-OH is 1. The van der Waals surface area contributed by atoms with E-state index in [1.807, 2.05) is 6.07 Å². The molecule has 3 N–H and O–H groups in total. The molecule has 0 saturated heterocycles. The van der Waals surface area contributed by atoms with Gasteiger partial charge in [-0.05, 0) is 55.9 Å². The van der Waals surface area contributed by atoms with Crippen LogP contribution in [0.4, 0.5) is 17.6 Å². The van der Waals surface area contributed by atoms with Gasteiger partial charge in [-0.15, -0.1) is 0 Å². The van der Waals surface area contributed by atoms with Crippen molar-refractivity contribution in [2.45, 2.75) is 75.6 Å². The Balaban J connectivity index is 1.85. The molecule has 0 aliphatic heterocycles. The number of rotatable bonds is 9. The first-order chi connectivity index (χ1) is 16.2. The summed E-state index contributed by atoms with van der Waals surface area (Å²) in [5.41, 5.74) is -0.975. The smallest absolute Gasteiger partial charge is 0.389 e. The van der Waals surface area contributed by atoms with Crippen molar-refractivity contribution in [2.24, 2.45) is 0 Å². The number of nitrogens with zero attached hydrogens (tertiary/aromatic N) is 1. The van der Waals surface area contributed by atoms with E-state index >= 15 is 0 Å². The van der Waals surface area contributed by atoms with Crippen molar-refractivity contribution in [1.29, 1.82) is 5.26 Å². The van der Waals surface area contributed by atoms with E-state index in [1.165, 1.54) is 38.1 Å². The highest BCUT2D eigenvalue weighted by Gasteiger charge is 2.48. The number of amides is 1. The Kier molecular flexibility index (Phi) is 7.58. The number of nitriles is 1. The van der Waals surface area contributed by atoms with Crippen LogP contribution in [0.25, 0.3) is 11.1 Å². The minimum atomic E-state index is -4.76. The van der Waals surface area contributed by atoms with Gasteiger partial charge in [-0.1, -0.05) is 48.5 Å². The highest BCUT2D eigenvalue weighted by Crippen LogP contribution is 2.37. The number of aliphatic hydroxyl groups is 1. The van der Waals surface area contributed by atoms with Crippen molar-refractivity contribution in [2.75, 3.05) is 0 Å². The number of benzene rings is 2. The van der Waals surface area contributed by atoms with Gasteiger partial charge < -0.3 is 10.4 Å². The van der Waals surface area contributed by atoms with Crippen LogP contribution in [0.1, 0.15) is 63.3 Å². The molecule has 1 amide bonds. The lowest BCUT2D eigenvalue weighted by atomic mass is 9.96. The zero-order valence-electron chi connectivity index (χ0n) is 19.8. The van der Waals surface area contributed by atoms with E-state index in [1.54, 1.807) is 31.2 Å². The minimum absolute atomic E-state index is 0.127. The first kappa shape index (κ1) is 26.6. The third-order valence-corrected chi connectivity index (χ3v) is 6.00. The summed E-state index contributed by atoms with van der Waals surface area (Å²) < 4.78 is 56.6. The van der Waals surface area contributed by atoms with E-state index in [4.69, 9.17) is 0 Å². The Morgan fingerprint density at radius 2 is 1.51 bits per heavy atom. The van der Waals surface area contributed by atoms with Crippen LogP contribution in [0.2, 0.25) is 0 Å². The number of nitrogens with one attached hydrogen (secondary N) is 2. The predicted octanol–water partition coefficient (Wildman–Crippen LogP) is 5.28. The Labute approximate surface area is 202 Å². The summed E-state index contributed by atoms with van der Waals surface area (Å²) in [7, 11) is 0. The van der Waals surface area contributed by atoms with Crippen molar-refractivity contribution in [1.82, 2.24) is 10.6 Å². The molecular formula is C26H29F4N3O2. The van der Waals surface area contributed by atoms with Crippen molar-refractivity contribution in [3.63, 3.8) is 0 Å². The fraction of sp³-hybridized carbons (Fsp3) is 0.462. The highest BCUT2D eigenvalue weighted by molar-refractivity contribution is 5.83. The third-order valence-electron chi connectivity index (χ3n) is 6.00. The molecule has 0 aromatic heterocycles. The maximum Gasteiger partial charge on any atom is 0.407 e. The Morgan fingerprint density at radius 1 is 1.03 bits per heavy atom. The number of carbonyl (C=O) groups is 1. The second kappa shape index (κ2) is 9.96. The largest absolute Gasteiger partial charge is 0.407 e. The van der Waals surface area contributed by atoms with Gasteiger partial charge in [-0.3, -0.25) is 10.1 Å². The Morgan fingerprint density at radius 3 is 1.89 bits per heavy atom. The van der Waals surface area contributed by atoms with E-state index in [2.05, 4.69) is 10.6 Å². The van der Waals surface area contributed by atoms with Gasteiger partial charge in [0, 0.05) is 6.42 Å². The zero-order valence-corrected chi connectivity index (χ0v) is 19.8. The molecule has 9 heteroatoms. The lowest BCUT2D eigenvalue weighted by Gasteiger charge is -2.30. The highest BCUT2D eigenvalue weighted by atomic mass is 19.4. The molecule has 3 atom stereocenters. The molecule has 5 nitrogen and oxygen atoms in total. The van der Waals surface area contributed by atoms with Crippen LogP contribution in [-0.4, -0.2) is 34.4 Å². The molecule has 188 valence electrons. The molecule has 1 fully saturated rings. The van der Waals surface area contributed by atoms with E-state index in [0.29, 0.717) is 18.4 Å². The average molecular weight is 492 g/mol. The van der Waals surface area contributed by atoms with Crippen LogP contribution < -0.4 is 10.6 Å². The van der Waals surface area contributed by atoms with E-state index in [9.17, 15) is 32.7 Å². The van der Waals surface area contributed by atoms with Gasteiger partial charge in [0.2, 0.25) is 5.91 Å². The van der Waals surface area contributed by atoms with Gasteiger partial charge in [-0.25, -0.2) is 4.39 Å². The number of carbonyl (C=O) groups excluding carboxylic acids is 1. The van der Waals surface area contributed by atoms with Gasteiger partial charge in [0.05, 0.1) is 18.2 Å². The standard InChI is InChI=1S/C26H29F4N3O2/c1-16(34)17-4-6-18(7-5-17)19-8-10-20(11-9-19)22(26(28,29)30)32-21(14-24(2,3)27)23(35)33-25(15-31)12-13-25/h4-11,16,21-22,32,34H,12-14H2,1-3H3,(H,33,35)/t16-,21+,22+/m1/s1. The molecule has 35 heavy (non-hydrogen) atoms.